The van der Waals surface area contributed by atoms with E-state index in [1.54, 1.807) is 11.0 Å². The molecule has 0 bridgehead atoms. The molecule has 0 saturated carbocycles. The lowest BCUT2D eigenvalue weighted by atomic mass is 10.0. The fraction of sp³-hybridized carbons (Fsp3) is 0.409. The molecule has 1 amide bonds. The summed E-state index contributed by atoms with van der Waals surface area (Å²) in [5.74, 6) is 0.578. The number of rotatable bonds is 6. The summed E-state index contributed by atoms with van der Waals surface area (Å²) in [6, 6.07) is 12.9. The molecule has 150 valence electrons. The number of hydrogen-bond acceptors (Lipinski definition) is 2. The number of alkyl halides is 3. The minimum atomic E-state index is -4.39. The van der Waals surface area contributed by atoms with Crippen LogP contribution in [0.25, 0.3) is 0 Å². The molecule has 6 heteroatoms. The minimum Gasteiger partial charge on any atom is -0.322 e. The Morgan fingerprint density at radius 3 is 2.57 bits per heavy atom. The van der Waals surface area contributed by atoms with Crippen LogP contribution in [0.2, 0.25) is 0 Å². The first-order chi connectivity index (χ1) is 13.4. The second kappa shape index (κ2) is 9.03. The zero-order valence-corrected chi connectivity index (χ0v) is 16.7. The Labute approximate surface area is 168 Å². The van der Waals surface area contributed by atoms with Gasteiger partial charge in [-0.15, -0.1) is 11.8 Å². The van der Waals surface area contributed by atoms with E-state index in [-0.39, 0.29) is 11.3 Å². The van der Waals surface area contributed by atoms with E-state index < -0.39 is 11.7 Å². The molecular weight excluding hydrogens is 383 g/mol. The Morgan fingerprint density at radius 1 is 1.14 bits per heavy atom. The van der Waals surface area contributed by atoms with Crippen LogP contribution >= 0.6 is 11.8 Å². The lowest BCUT2D eigenvalue weighted by molar-refractivity contribution is -0.137. The highest BCUT2D eigenvalue weighted by molar-refractivity contribution is 7.99. The third kappa shape index (κ3) is 4.90. The molecule has 1 heterocycles. The number of thioether (sulfide) groups is 1. The van der Waals surface area contributed by atoms with E-state index >= 15 is 0 Å². The molecular formula is C22H24F3NOS. The zero-order valence-electron chi connectivity index (χ0n) is 15.8. The molecule has 1 fully saturated rings. The van der Waals surface area contributed by atoms with E-state index in [1.165, 1.54) is 36.2 Å². The number of halogens is 3. The van der Waals surface area contributed by atoms with Gasteiger partial charge in [0.15, 0.2) is 0 Å². The molecule has 1 saturated heterocycles. The summed E-state index contributed by atoms with van der Waals surface area (Å²) in [6.45, 7) is 2.69. The second-order valence-electron chi connectivity index (χ2n) is 7.00. The van der Waals surface area contributed by atoms with Gasteiger partial charge in [-0.3, -0.25) is 4.79 Å². The van der Waals surface area contributed by atoms with Crippen LogP contribution in [0.1, 0.15) is 58.6 Å². The summed E-state index contributed by atoms with van der Waals surface area (Å²) in [7, 11) is 0. The average Bonchev–Trinajstić information content (AvgIpc) is 3.17. The maximum Gasteiger partial charge on any atom is 0.416 e. The van der Waals surface area contributed by atoms with Gasteiger partial charge < -0.3 is 4.90 Å². The second-order valence-corrected chi connectivity index (χ2v) is 8.19. The first kappa shape index (κ1) is 20.8. The highest BCUT2D eigenvalue weighted by Crippen LogP contribution is 2.40. The van der Waals surface area contributed by atoms with E-state index in [2.05, 4.69) is 6.92 Å². The van der Waals surface area contributed by atoms with Crippen LogP contribution in [0.5, 0.6) is 0 Å². The van der Waals surface area contributed by atoms with E-state index in [1.807, 2.05) is 24.3 Å². The van der Waals surface area contributed by atoms with Crippen molar-refractivity contribution in [3.63, 3.8) is 0 Å². The number of amides is 1. The van der Waals surface area contributed by atoms with Crippen LogP contribution in [0.3, 0.4) is 0 Å². The smallest absolute Gasteiger partial charge is 0.322 e. The van der Waals surface area contributed by atoms with Gasteiger partial charge in [-0.05, 0) is 48.2 Å². The Bertz CT molecular complexity index is 804. The van der Waals surface area contributed by atoms with Crippen molar-refractivity contribution in [2.24, 2.45) is 0 Å². The van der Waals surface area contributed by atoms with Crippen LogP contribution in [-0.2, 0) is 12.6 Å². The predicted octanol–water partition coefficient (Wildman–Crippen LogP) is 6.33. The number of carbonyl (C=O) groups is 1. The third-order valence-electron chi connectivity index (χ3n) is 4.92. The molecule has 0 aromatic heterocycles. The van der Waals surface area contributed by atoms with Crippen LogP contribution in [0, 0.1) is 0 Å². The van der Waals surface area contributed by atoms with Crippen molar-refractivity contribution in [2.75, 3.05) is 12.3 Å². The highest BCUT2D eigenvalue weighted by Gasteiger charge is 2.34. The molecule has 3 rings (SSSR count). The van der Waals surface area contributed by atoms with Crippen molar-refractivity contribution in [2.45, 2.75) is 44.2 Å². The van der Waals surface area contributed by atoms with Crippen molar-refractivity contribution in [1.82, 2.24) is 4.90 Å². The fourth-order valence-corrected chi connectivity index (χ4v) is 4.63. The Hall–Kier alpha value is -1.95. The number of carbonyl (C=O) groups excluding carboxylic acids is 1. The van der Waals surface area contributed by atoms with Gasteiger partial charge in [0.2, 0.25) is 0 Å². The molecule has 0 aliphatic carbocycles. The van der Waals surface area contributed by atoms with Crippen LogP contribution < -0.4 is 0 Å². The Balaban J connectivity index is 1.74. The molecule has 1 atom stereocenters. The van der Waals surface area contributed by atoms with Gasteiger partial charge in [-0.25, -0.2) is 0 Å². The molecule has 2 aromatic rings. The fourth-order valence-electron chi connectivity index (χ4n) is 3.38. The van der Waals surface area contributed by atoms with Gasteiger partial charge >= 0.3 is 6.18 Å². The molecule has 0 radical (unpaired) electrons. The van der Waals surface area contributed by atoms with E-state index in [0.717, 1.165) is 25.0 Å². The van der Waals surface area contributed by atoms with Crippen LogP contribution in [0.15, 0.2) is 48.5 Å². The molecule has 1 aliphatic rings. The molecule has 2 aromatic carbocycles. The Morgan fingerprint density at radius 2 is 1.89 bits per heavy atom. The predicted molar refractivity (Wildman–Crippen MR) is 107 cm³/mol. The van der Waals surface area contributed by atoms with Crippen molar-refractivity contribution in [3.8, 4) is 0 Å². The standard InChI is InChI=1S/C22H24F3NOS/c1-2-3-4-6-16-9-11-17(12-10-16)20(27)26-13-14-28-21(26)18-7-5-8-19(15-18)22(23,24)25/h5,7-12,15,21H,2-4,6,13-14H2,1H3/t21-/m0/s1. The largest absolute Gasteiger partial charge is 0.416 e. The highest BCUT2D eigenvalue weighted by atomic mass is 32.2. The van der Waals surface area contributed by atoms with Gasteiger partial charge in [0.05, 0.1) is 5.56 Å². The summed E-state index contributed by atoms with van der Waals surface area (Å²) in [5, 5.41) is -0.390. The van der Waals surface area contributed by atoms with Crippen molar-refractivity contribution in [1.29, 1.82) is 0 Å². The lowest BCUT2D eigenvalue weighted by Crippen LogP contribution is -2.30. The van der Waals surface area contributed by atoms with Crippen molar-refractivity contribution < 1.29 is 18.0 Å². The summed E-state index contributed by atoms with van der Waals surface area (Å²) in [6.07, 6.45) is 0.0884. The van der Waals surface area contributed by atoms with Gasteiger partial charge in [-0.2, -0.15) is 13.2 Å². The first-order valence-electron chi connectivity index (χ1n) is 9.59. The van der Waals surface area contributed by atoms with Gasteiger partial charge in [-0.1, -0.05) is 44.0 Å². The molecule has 28 heavy (non-hydrogen) atoms. The normalized spacial score (nSPS) is 17.1. The number of unbranched alkanes of at least 4 members (excludes halogenated alkanes) is 2. The monoisotopic (exact) mass is 407 g/mol. The molecule has 2 nitrogen and oxygen atoms in total. The van der Waals surface area contributed by atoms with Gasteiger partial charge in [0.1, 0.15) is 5.37 Å². The summed E-state index contributed by atoms with van der Waals surface area (Å²) in [5.41, 5.74) is 1.62. The maximum absolute atomic E-state index is 13.0. The molecule has 0 spiro atoms. The lowest BCUT2D eigenvalue weighted by Gasteiger charge is -2.25. The summed E-state index contributed by atoms with van der Waals surface area (Å²) < 4.78 is 39.1. The van der Waals surface area contributed by atoms with E-state index in [9.17, 15) is 18.0 Å². The third-order valence-corrected chi connectivity index (χ3v) is 6.18. The number of benzene rings is 2. The topological polar surface area (TPSA) is 20.3 Å². The number of nitrogens with zero attached hydrogens (tertiary/aromatic N) is 1. The van der Waals surface area contributed by atoms with Gasteiger partial charge in [0.25, 0.3) is 5.91 Å². The molecule has 0 unspecified atom stereocenters. The van der Waals surface area contributed by atoms with Crippen molar-refractivity contribution >= 4 is 17.7 Å². The minimum absolute atomic E-state index is 0.132. The van der Waals surface area contributed by atoms with Crippen molar-refractivity contribution in [3.05, 3.63) is 70.8 Å². The quantitative estimate of drug-likeness (QED) is 0.522. The van der Waals surface area contributed by atoms with E-state index in [4.69, 9.17) is 0 Å². The zero-order chi connectivity index (χ0) is 20.1. The SMILES string of the molecule is CCCCCc1ccc(C(=O)N2CCS[C@H]2c2cccc(C(F)(F)F)c2)cc1. The van der Waals surface area contributed by atoms with Gasteiger partial charge in [0, 0.05) is 17.9 Å². The number of aryl methyl sites for hydroxylation is 1. The Kier molecular flexibility index (Phi) is 6.70. The summed E-state index contributed by atoms with van der Waals surface area (Å²) >= 11 is 1.50. The maximum atomic E-state index is 13.0. The first-order valence-corrected chi connectivity index (χ1v) is 10.6. The molecule has 0 N–H and O–H groups in total. The average molecular weight is 408 g/mol. The molecule has 1 aliphatic heterocycles. The van der Waals surface area contributed by atoms with Crippen LogP contribution in [0.4, 0.5) is 13.2 Å². The van der Waals surface area contributed by atoms with E-state index in [0.29, 0.717) is 23.4 Å². The summed E-state index contributed by atoms with van der Waals surface area (Å²) in [4.78, 5) is 14.6. The number of hydrogen-bond donors (Lipinski definition) is 0. The van der Waals surface area contributed by atoms with Crippen LogP contribution in [-0.4, -0.2) is 23.1 Å².